The molecule has 4 nitrogen and oxygen atoms in total. The molecule has 4 aromatic heterocycles. The van der Waals surface area contributed by atoms with Crippen LogP contribution in [0.4, 0.5) is 0 Å². The van der Waals surface area contributed by atoms with Crippen LogP contribution >= 0.6 is 0 Å². The van der Waals surface area contributed by atoms with Crippen LogP contribution in [0.1, 0.15) is 0 Å². The number of nitrogens with zero attached hydrogens (tertiary/aromatic N) is 4. The fraction of sp³-hybridized carbons (Fsp3) is 0. The Hall–Kier alpha value is -7.56. The largest absolute Gasteiger partial charge is 0.309 e. The third-order valence-electron chi connectivity index (χ3n) is 10.9. The Morgan fingerprint density at radius 1 is 0.339 bits per heavy atom. The summed E-state index contributed by atoms with van der Waals surface area (Å²) in [7, 11) is 0. The molecule has 262 valence electrons. The molecule has 11 aromatic rings. The first kappa shape index (κ1) is 31.9. The lowest BCUT2D eigenvalue weighted by Gasteiger charge is -2.13. The number of aromatic nitrogens is 4. The first-order chi connectivity index (χ1) is 27.8. The predicted octanol–water partition coefficient (Wildman–Crippen LogP) is 13.3. The van der Waals surface area contributed by atoms with Crippen LogP contribution in [0.5, 0.6) is 0 Å². The smallest absolute Gasteiger partial charge is 0.0963 e. The van der Waals surface area contributed by atoms with E-state index in [-0.39, 0.29) is 0 Å². The molecule has 0 bridgehead atoms. The molecule has 0 radical (unpaired) electrons. The molecule has 0 aliphatic carbocycles. The first-order valence-electron chi connectivity index (χ1n) is 19.0. The summed E-state index contributed by atoms with van der Waals surface area (Å²) in [5.74, 6) is 0. The van der Waals surface area contributed by atoms with Crippen LogP contribution in [-0.2, 0) is 0 Å². The molecule has 0 saturated heterocycles. The number of pyridine rings is 2. The van der Waals surface area contributed by atoms with Gasteiger partial charge in [0.15, 0.2) is 0 Å². The molecule has 0 fully saturated rings. The van der Waals surface area contributed by atoms with E-state index in [4.69, 9.17) is 9.97 Å². The van der Waals surface area contributed by atoms with Crippen LogP contribution in [0.15, 0.2) is 206 Å². The number of fused-ring (bicyclic) bond motifs is 6. The molecule has 56 heavy (non-hydrogen) atoms. The Balaban J connectivity index is 1.08. The van der Waals surface area contributed by atoms with Crippen LogP contribution in [0.25, 0.3) is 99.9 Å². The van der Waals surface area contributed by atoms with Crippen molar-refractivity contribution >= 4 is 43.7 Å². The monoisotopic (exact) mass is 714 g/mol. The summed E-state index contributed by atoms with van der Waals surface area (Å²) in [4.78, 5) is 10.1. The minimum Gasteiger partial charge on any atom is -0.309 e. The molecule has 11 rings (SSSR count). The summed E-state index contributed by atoms with van der Waals surface area (Å²) in [6.45, 7) is 0. The zero-order chi connectivity index (χ0) is 37.0. The van der Waals surface area contributed by atoms with Crippen molar-refractivity contribution in [1.82, 2.24) is 19.1 Å². The summed E-state index contributed by atoms with van der Waals surface area (Å²) in [5.41, 5.74) is 16.5. The first-order valence-corrected chi connectivity index (χ1v) is 19.0. The lowest BCUT2D eigenvalue weighted by Crippen LogP contribution is -1.95. The summed E-state index contributed by atoms with van der Waals surface area (Å²) in [6.07, 6.45) is 1.90. The van der Waals surface area contributed by atoms with Crippen LogP contribution in [0.3, 0.4) is 0 Å². The van der Waals surface area contributed by atoms with Crippen molar-refractivity contribution < 1.29 is 0 Å². The van der Waals surface area contributed by atoms with Gasteiger partial charge in [0.2, 0.25) is 0 Å². The number of hydrogen-bond acceptors (Lipinski definition) is 2. The Bertz CT molecular complexity index is 3170. The van der Waals surface area contributed by atoms with E-state index >= 15 is 0 Å². The molecule has 0 N–H and O–H groups in total. The van der Waals surface area contributed by atoms with Gasteiger partial charge < -0.3 is 9.13 Å². The Labute approximate surface area is 324 Å². The van der Waals surface area contributed by atoms with E-state index in [9.17, 15) is 0 Å². The maximum atomic E-state index is 5.12. The zero-order valence-electron chi connectivity index (χ0n) is 30.4. The Morgan fingerprint density at radius 2 is 0.929 bits per heavy atom. The second kappa shape index (κ2) is 13.1. The van der Waals surface area contributed by atoms with Crippen molar-refractivity contribution in [2.75, 3.05) is 0 Å². The van der Waals surface area contributed by atoms with E-state index in [1.54, 1.807) is 0 Å². The average molecular weight is 715 g/mol. The Kier molecular flexibility index (Phi) is 7.46. The summed E-state index contributed by atoms with van der Waals surface area (Å²) in [5, 5.41) is 3.60. The number of benzene rings is 7. The zero-order valence-corrected chi connectivity index (χ0v) is 30.4. The van der Waals surface area contributed by atoms with Gasteiger partial charge in [-0.2, -0.15) is 0 Å². The standard InChI is InChI=1S/C52H34N4/c1-4-15-35(16-5-1)45-33-39(34-46(54-45)36-17-6-2-7-18-36)37-19-12-22-41(31-37)56-48-29-28-38(32-44(48)52-50(56)27-14-30-53-52)42-24-13-26-49-51(42)43-23-10-11-25-47(43)55(49)40-20-8-3-9-21-40/h1-34H. The van der Waals surface area contributed by atoms with E-state index in [0.29, 0.717) is 0 Å². The molecule has 0 atom stereocenters. The maximum absolute atomic E-state index is 5.12. The van der Waals surface area contributed by atoms with Gasteiger partial charge in [-0.1, -0.05) is 127 Å². The maximum Gasteiger partial charge on any atom is 0.0963 e. The lowest BCUT2D eigenvalue weighted by molar-refractivity contribution is 1.18. The van der Waals surface area contributed by atoms with Crippen LogP contribution in [0, 0.1) is 0 Å². The molecule has 4 heterocycles. The van der Waals surface area contributed by atoms with Gasteiger partial charge in [-0.25, -0.2) is 4.98 Å². The van der Waals surface area contributed by atoms with E-state index in [2.05, 4.69) is 191 Å². The molecule has 0 spiro atoms. The second-order valence-corrected chi connectivity index (χ2v) is 14.2. The van der Waals surface area contributed by atoms with Gasteiger partial charge in [0.1, 0.15) is 0 Å². The summed E-state index contributed by atoms with van der Waals surface area (Å²) < 4.78 is 4.73. The van der Waals surface area contributed by atoms with Gasteiger partial charge in [-0.3, -0.25) is 4.98 Å². The molecule has 0 aliphatic heterocycles. The van der Waals surface area contributed by atoms with Gasteiger partial charge in [0.25, 0.3) is 0 Å². The second-order valence-electron chi connectivity index (χ2n) is 14.2. The highest BCUT2D eigenvalue weighted by Crippen LogP contribution is 2.41. The molecule has 0 unspecified atom stereocenters. The summed E-state index contributed by atoms with van der Waals surface area (Å²) >= 11 is 0. The molecule has 0 aliphatic rings. The molecular weight excluding hydrogens is 681 g/mol. The molecule has 7 aromatic carbocycles. The molecule has 0 saturated carbocycles. The lowest BCUT2D eigenvalue weighted by atomic mass is 9.98. The topological polar surface area (TPSA) is 35.6 Å². The summed E-state index contributed by atoms with van der Waals surface area (Å²) in [6, 6.07) is 71.2. The van der Waals surface area contributed by atoms with Gasteiger partial charge in [0.05, 0.1) is 39.0 Å². The van der Waals surface area contributed by atoms with Crippen molar-refractivity contribution in [1.29, 1.82) is 0 Å². The minimum atomic E-state index is 0.947. The highest BCUT2D eigenvalue weighted by atomic mass is 15.0. The van der Waals surface area contributed by atoms with E-state index in [1.165, 1.54) is 27.4 Å². The molecule has 0 amide bonds. The van der Waals surface area contributed by atoms with Gasteiger partial charge >= 0.3 is 0 Å². The number of hydrogen-bond donors (Lipinski definition) is 0. The minimum absolute atomic E-state index is 0.947. The third kappa shape index (κ3) is 5.23. The average Bonchev–Trinajstić information content (AvgIpc) is 3.80. The van der Waals surface area contributed by atoms with Crippen LogP contribution < -0.4 is 0 Å². The van der Waals surface area contributed by atoms with Crippen LogP contribution in [0.2, 0.25) is 0 Å². The van der Waals surface area contributed by atoms with Crippen molar-refractivity contribution in [2.24, 2.45) is 0 Å². The Morgan fingerprint density at radius 3 is 1.70 bits per heavy atom. The van der Waals surface area contributed by atoms with Gasteiger partial charge in [-0.05, 0) is 95.1 Å². The fourth-order valence-corrected chi connectivity index (χ4v) is 8.43. The van der Waals surface area contributed by atoms with Crippen molar-refractivity contribution in [3.63, 3.8) is 0 Å². The van der Waals surface area contributed by atoms with Gasteiger partial charge in [0, 0.05) is 44.9 Å². The van der Waals surface area contributed by atoms with E-state index < -0.39 is 0 Å². The van der Waals surface area contributed by atoms with E-state index in [0.717, 1.165) is 72.5 Å². The van der Waals surface area contributed by atoms with E-state index in [1.807, 2.05) is 24.4 Å². The van der Waals surface area contributed by atoms with Crippen LogP contribution in [-0.4, -0.2) is 19.1 Å². The quantitative estimate of drug-likeness (QED) is 0.172. The van der Waals surface area contributed by atoms with Crippen molar-refractivity contribution in [2.45, 2.75) is 0 Å². The van der Waals surface area contributed by atoms with Crippen molar-refractivity contribution in [3.8, 4) is 56.1 Å². The fourth-order valence-electron chi connectivity index (χ4n) is 8.43. The highest BCUT2D eigenvalue weighted by molar-refractivity contribution is 6.17. The third-order valence-corrected chi connectivity index (χ3v) is 10.9. The molecule has 4 heteroatoms. The van der Waals surface area contributed by atoms with Crippen molar-refractivity contribution in [3.05, 3.63) is 206 Å². The normalized spacial score (nSPS) is 11.6. The highest BCUT2D eigenvalue weighted by Gasteiger charge is 2.19. The predicted molar refractivity (Wildman–Crippen MR) is 232 cm³/mol. The SMILES string of the molecule is c1ccc(-c2cc(-c3cccc(-n4c5ccc(-c6cccc7c6c6ccccc6n7-c6ccccc6)cc5c5ncccc54)c3)cc(-c3ccccc3)n2)cc1. The number of rotatable bonds is 6. The number of para-hydroxylation sites is 2. The van der Waals surface area contributed by atoms with Gasteiger partial charge in [-0.15, -0.1) is 0 Å². The molecular formula is C52H34N4.